The Labute approximate surface area is 87.7 Å². The van der Waals surface area contributed by atoms with Gasteiger partial charge in [-0.2, -0.15) is 11.8 Å². The molecule has 1 aliphatic heterocycles. The molecular formula is C9H15NO3S. The molecule has 1 fully saturated rings. The van der Waals surface area contributed by atoms with E-state index in [0.717, 1.165) is 0 Å². The Morgan fingerprint density at radius 3 is 2.43 bits per heavy atom. The van der Waals surface area contributed by atoms with E-state index in [1.54, 1.807) is 4.90 Å². The third kappa shape index (κ3) is 2.90. The normalized spacial score (nSPS) is 18.2. The molecule has 0 spiro atoms. The van der Waals surface area contributed by atoms with E-state index in [2.05, 4.69) is 0 Å². The number of hydrogen-bond acceptors (Lipinski definition) is 3. The monoisotopic (exact) mass is 217 g/mol. The molecule has 0 aliphatic carbocycles. The third-order valence-corrected chi connectivity index (χ3v) is 3.00. The van der Waals surface area contributed by atoms with E-state index in [0.29, 0.717) is 31.7 Å². The number of aliphatic carboxylic acids is 1. The summed E-state index contributed by atoms with van der Waals surface area (Å²) in [5, 5.41) is 8.76. The SMILES string of the molecule is CSCC(=O)N1CCC(C(=O)O)CC1. The second-order valence-electron chi connectivity index (χ2n) is 3.43. The van der Waals surface area contributed by atoms with Crippen LogP contribution in [-0.4, -0.2) is 47.0 Å². The average Bonchev–Trinajstić information content (AvgIpc) is 2.18. The van der Waals surface area contributed by atoms with Crippen molar-refractivity contribution in [3.63, 3.8) is 0 Å². The zero-order valence-corrected chi connectivity index (χ0v) is 9.05. The van der Waals surface area contributed by atoms with Crippen molar-refractivity contribution in [2.45, 2.75) is 12.8 Å². The number of nitrogens with zero attached hydrogens (tertiary/aromatic N) is 1. The van der Waals surface area contributed by atoms with Crippen LogP contribution < -0.4 is 0 Å². The largest absolute Gasteiger partial charge is 0.481 e. The Hall–Kier alpha value is -0.710. The first-order valence-corrected chi connectivity index (χ1v) is 6.04. The Bertz CT molecular complexity index is 224. The lowest BCUT2D eigenvalue weighted by molar-refractivity contribution is -0.145. The fourth-order valence-corrected chi connectivity index (χ4v) is 2.02. The summed E-state index contributed by atoms with van der Waals surface area (Å²) in [5.41, 5.74) is 0. The summed E-state index contributed by atoms with van der Waals surface area (Å²) in [4.78, 5) is 23.8. The predicted octanol–water partition coefficient (Wildman–Crippen LogP) is 0.673. The van der Waals surface area contributed by atoms with Crippen LogP contribution in [0.3, 0.4) is 0 Å². The van der Waals surface area contributed by atoms with E-state index in [9.17, 15) is 9.59 Å². The van der Waals surface area contributed by atoms with Crippen molar-refractivity contribution in [1.82, 2.24) is 4.90 Å². The summed E-state index contributed by atoms with van der Waals surface area (Å²) in [7, 11) is 0. The summed E-state index contributed by atoms with van der Waals surface area (Å²) in [5.74, 6) is -0.366. The molecule has 1 heterocycles. The van der Waals surface area contributed by atoms with Gasteiger partial charge < -0.3 is 10.0 Å². The molecular weight excluding hydrogens is 202 g/mol. The fourth-order valence-electron chi connectivity index (χ4n) is 1.59. The highest BCUT2D eigenvalue weighted by Crippen LogP contribution is 2.17. The maximum Gasteiger partial charge on any atom is 0.306 e. The van der Waals surface area contributed by atoms with Gasteiger partial charge in [0.25, 0.3) is 0 Å². The van der Waals surface area contributed by atoms with Gasteiger partial charge in [-0.25, -0.2) is 0 Å². The predicted molar refractivity (Wildman–Crippen MR) is 55.3 cm³/mol. The van der Waals surface area contributed by atoms with Crippen LogP contribution in [0, 0.1) is 5.92 Å². The molecule has 0 saturated carbocycles. The minimum atomic E-state index is -0.734. The van der Waals surface area contributed by atoms with Crippen LogP contribution in [0.4, 0.5) is 0 Å². The van der Waals surface area contributed by atoms with Crippen molar-refractivity contribution in [2.75, 3.05) is 25.1 Å². The van der Waals surface area contributed by atoms with Gasteiger partial charge in [-0.15, -0.1) is 0 Å². The maximum absolute atomic E-state index is 11.4. The molecule has 0 bridgehead atoms. The number of rotatable bonds is 3. The van der Waals surface area contributed by atoms with Crippen LogP contribution in [0.15, 0.2) is 0 Å². The van der Waals surface area contributed by atoms with Gasteiger partial charge in [0, 0.05) is 13.1 Å². The smallest absolute Gasteiger partial charge is 0.306 e. The molecule has 1 saturated heterocycles. The van der Waals surface area contributed by atoms with E-state index in [1.807, 2.05) is 6.26 Å². The second kappa shape index (κ2) is 5.24. The van der Waals surface area contributed by atoms with Gasteiger partial charge >= 0.3 is 5.97 Å². The lowest BCUT2D eigenvalue weighted by Gasteiger charge is -2.29. The van der Waals surface area contributed by atoms with Gasteiger partial charge in [0.2, 0.25) is 5.91 Å². The van der Waals surface area contributed by atoms with E-state index in [4.69, 9.17) is 5.11 Å². The van der Waals surface area contributed by atoms with Gasteiger partial charge in [0.05, 0.1) is 11.7 Å². The Kier molecular flexibility index (Phi) is 4.25. The van der Waals surface area contributed by atoms with Gasteiger partial charge in [-0.05, 0) is 19.1 Å². The lowest BCUT2D eigenvalue weighted by atomic mass is 9.97. The van der Waals surface area contributed by atoms with Crippen molar-refractivity contribution >= 4 is 23.6 Å². The summed E-state index contributed by atoms with van der Waals surface area (Å²) >= 11 is 1.50. The summed E-state index contributed by atoms with van der Waals surface area (Å²) in [6, 6.07) is 0. The summed E-state index contributed by atoms with van der Waals surface area (Å²) in [6.45, 7) is 1.19. The first-order valence-electron chi connectivity index (χ1n) is 4.64. The van der Waals surface area contributed by atoms with E-state index in [-0.39, 0.29) is 11.8 Å². The highest BCUT2D eigenvalue weighted by Gasteiger charge is 2.26. The minimum Gasteiger partial charge on any atom is -0.481 e. The van der Waals surface area contributed by atoms with Crippen LogP contribution in [0.5, 0.6) is 0 Å². The van der Waals surface area contributed by atoms with E-state index in [1.165, 1.54) is 11.8 Å². The topological polar surface area (TPSA) is 57.6 Å². The lowest BCUT2D eigenvalue weighted by Crippen LogP contribution is -2.41. The number of thioether (sulfide) groups is 1. The number of hydrogen-bond donors (Lipinski definition) is 1. The summed E-state index contributed by atoms with van der Waals surface area (Å²) < 4.78 is 0. The molecule has 0 unspecified atom stereocenters. The zero-order valence-electron chi connectivity index (χ0n) is 8.23. The molecule has 0 aromatic heterocycles. The van der Waals surface area contributed by atoms with E-state index < -0.39 is 5.97 Å². The molecule has 0 radical (unpaired) electrons. The van der Waals surface area contributed by atoms with Crippen LogP contribution in [0.1, 0.15) is 12.8 Å². The third-order valence-electron chi connectivity index (χ3n) is 2.46. The number of amides is 1. The Balaban J connectivity index is 2.35. The van der Waals surface area contributed by atoms with Crippen LogP contribution in [0.2, 0.25) is 0 Å². The molecule has 1 rings (SSSR count). The number of carboxylic acid groups (broad SMARTS) is 1. The highest BCUT2D eigenvalue weighted by molar-refractivity contribution is 7.99. The number of likely N-dealkylation sites (tertiary alicyclic amines) is 1. The van der Waals surface area contributed by atoms with Crippen LogP contribution >= 0.6 is 11.8 Å². The van der Waals surface area contributed by atoms with Gasteiger partial charge in [-0.1, -0.05) is 0 Å². The van der Waals surface area contributed by atoms with Gasteiger partial charge in [-0.3, -0.25) is 9.59 Å². The van der Waals surface area contributed by atoms with E-state index >= 15 is 0 Å². The Morgan fingerprint density at radius 2 is 2.00 bits per heavy atom. The number of carbonyl (C=O) groups is 2. The zero-order chi connectivity index (χ0) is 10.6. The highest BCUT2D eigenvalue weighted by atomic mass is 32.2. The molecule has 1 N–H and O–H groups in total. The average molecular weight is 217 g/mol. The molecule has 1 aliphatic rings. The van der Waals surface area contributed by atoms with Gasteiger partial charge in [0.1, 0.15) is 0 Å². The van der Waals surface area contributed by atoms with Crippen LogP contribution in [-0.2, 0) is 9.59 Å². The van der Waals surface area contributed by atoms with Crippen molar-refractivity contribution in [3.8, 4) is 0 Å². The summed E-state index contributed by atoms with van der Waals surface area (Å²) in [6.07, 6.45) is 3.08. The molecule has 14 heavy (non-hydrogen) atoms. The van der Waals surface area contributed by atoms with Crippen molar-refractivity contribution < 1.29 is 14.7 Å². The minimum absolute atomic E-state index is 0.126. The molecule has 0 aromatic rings. The fraction of sp³-hybridized carbons (Fsp3) is 0.778. The molecule has 0 atom stereocenters. The molecule has 0 aromatic carbocycles. The quantitative estimate of drug-likeness (QED) is 0.755. The first kappa shape index (κ1) is 11.4. The molecule has 1 amide bonds. The number of carboxylic acids is 1. The van der Waals surface area contributed by atoms with Crippen molar-refractivity contribution in [3.05, 3.63) is 0 Å². The number of carbonyl (C=O) groups excluding carboxylic acids is 1. The maximum atomic E-state index is 11.4. The van der Waals surface area contributed by atoms with Crippen LogP contribution in [0.25, 0.3) is 0 Å². The molecule has 80 valence electrons. The molecule has 5 heteroatoms. The second-order valence-corrected chi connectivity index (χ2v) is 4.29. The Morgan fingerprint density at radius 1 is 1.43 bits per heavy atom. The van der Waals surface area contributed by atoms with Gasteiger partial charge in [0.15, 0.2) is 0 Å². The number of piperidine rings is 1. The standard InChI is InChI=1S/C9H15NO3S/c1-14-6-8(11)10-4-2-7(3-5-10)9(12)13/h7H,2-6H2,1H3,(H,12,13). The van der Waals surface area contributed by atoms with Crippen molar-refractivity contribution in [1.29, 1.82) is 0 Å². The first-order chi connectivity index (χ1) is 6.65. The molecule has 4 nitrogen and oxygen atoms in total. The van der Waals surface area contributed by atoms with Crippen molar-refractivity contribution in [2.24, 2.45) is 5.92 Å².